The Hall–Kier alpha value is -2.73. The number of ether oxygens (including phenoxy) is 1. The summed E-state index contributed by atoms with van der Waals surface area (Å²) >= 11 is 5.91. The van der Waals surface area contributed by atoms with Crippen molar-refractivity contribution in [2.45, 2.75) is 27.0 Å². The number of aromatic nitrogens is 2. The summed E-state index contributed by atoms with van der Waals surface area (Å²) in [6.45, 7) is 4.84. The minimum absolute atomic E-state index is 0.209. The van der Waals surface area contributed by atoms with Gasteiger partial charge in [0.25, 0.3) is 5.91 Å². The maximum Gasteiger partial charge on any atom is 0.291 e. The van der Waals surface area contributed by atoms with Gasteiger partial charge in [-0.1, -0.05) is 17.7 Å². The van der Waals surface area contributed by atoms with Crippen LogP contribution in [-0.2, 0) is 13.2 Å². The zero-order chi connectivity index (χ0) is 17.8. The lowest BCUT2D eigenvalue weighted by atomic mass is 10.3. The zero-order valence-electron chi connectivity index (χ0n) is 14.0. The van der Waals surface area contributed by atoms with Crippen molar-refractivity contribution in [2.75, 3.05) is 5.32 Å². The molecule has 0 radical (unpaired) electrons. The molecule has 0 aliphatic heterocycles. The topological polar surface area (TPSA) is 69.3 Å². The van der Waals surface area contributed by atoms with E-state index in [9.17, 15) is 4.79 Å². The maximum atomic E-state index is 12.3. The first-order chi connectivity index (χ1) is 12.1. The van der Waals surface area contributed by atoms with Gasteiger partial charge in [-0.05, 0) is 44.2 Å². The Kier molecular flexibility index (Phi) is 5.09. The van der Waals surface area contributed by atoms with Gasteiger partial charge in [0.2, 0.25) is 0 Å². The van der Waals surface area contributed by atoms with Crippen LogP contribution in [0.25, 0.3) is 0 Å². The van der Waals surface area contributed by atoms with Crippen molar-refractivity contribution in [2.24, 2.45) is 0 Å². The molecule has 1 aromatic carbocycles. The summed E-state index contributed by atoms with van der Waals surface area (Å²) in [7, 11) is 0. The van der Waals surface area contributed by atoms with E-state index in [1.165, 1.54) is 0 Å². The third kappa shape index (κ3) is 4.03. The van der Waals surface area contributed by atoms with E-state index in [1.807, 2.05) is 18.5 Å². The molecule has 3 aromatic rings. The van der Waals surface area contributed by atoms with Crippen molar-refractivity contribution in [1.29, 1.82) is 0 Å². The molecule has 0 saturated heterocycles. The lowest BCUT2D eigenvalue weighted by molar-refractivity contribution is 0.0992. The van der Waals surface area contributed by atoms with E-state index in [0.717, 1.165) is 12.2 Å². The molecule has 0 bridgehead atoms. The van der Waals surface area contributed by atoms with Crippen LogP contribution < -0.4 is 10.1 Å². The van der Waals surface area contributed by atoms with Crippen molar-refractivity contribution in [3.05, 3.63) is 64.8 Å². The molecule has 130 valence electrons. The van der Waals surface area contributed by atoms with E-state index in [1.54, 1.807) is 42.6 Å². The van der Waals surface area contributed by atoms with Gasteiger partial charge in [0.1, 0.15) is 18.1 Å². The van der Waals surface area contributed by atoms with Crippen LogP contribution in [0.5, 0.6) is 5.75 Å². The number of aryl methyl sites for hydroxylation is 1. The second-order valence-electron chi connectivity index (χ2n) is 5.43. The van der Waals surface area contributed by atoms with E-state index in [2.05, 4.69) is 10.4 Å². The maximum absolute atomic E-state index is 12.3. The highest BCUT2D eigenvalue weighted by molar-refractivity contribution is 6.30. The Balaban J connectivity index is 1.62. The zero-order valence-corrected chi connectivity index (χ0v) is 14.7. The summed E-state index contributed by atoms with van der Waals surface area (Å²) in [4.78, 5) is 12.3. The van der Waals surface area contributed by atoms with Crippen LogP contribution in [0.2, 0.25) is 5.02 Å². The number of rotatable bonds is 6. The molecule has 0 fully saturated rings. The van der Waals surface area contributed by atoms with Gasteiger partial charge in [-0.25, -0.2) is 0 Å². The first kappa shape index (κ1) is 17.1. The molecule has 25 heavy (non-hydrogen) atoms. The predicted octanol–water partition coefficient (Wildman–Crippen LogP) is 4.29. The largest absolute Gasteiger partial charge is 0.486 e. The fraction of sp³-hybridized carbons (Fsp3) is 0.222. The van der Waals surface area contributed by atoms with E-state index in [-0.39, 0.29) is 18.3 Å². The van der Waals surface area contributed by atoms with Crippen molar-refractivity contribution >= 4 is 23.2 Å². The summed E-state index contributed by atoms with van der Waals surface area (Å²) in [5.41, 5.74) is 1.56. The Morgan fingerprint density at radius 3 is 2.92 bits per heavy atom. The molecule has 0 saturated carbocycles. The third-order valence-corrected chi connectivity index (χ3v) is 3.95. The normalized spacial score (nSPS) is 10.7. The van der Waals surface area contributed by atoms with Gasteiger partial charge in [0.15, 0.2) is 5.76 Å². The minimum Gasteiger partial charge on any atom is -0.486 e. The summed E-state index contributed by atoms with van der Waals surface area (Å²) in [5.74, 6) is 1.07. The number of amides is 1. The Morgan fingerprint density at radius 1 is 1.36 bits per heavy atom. The van der Waals surface area contributed by atoms with Crippen LogP contribution in [0, 0.1) is 6.92 Å². The molecular formula is C18H18ClN3O3. The molecule has 2 aromatic heterocycles. The lowest BCUT2D eigenvalue weighted by Crippen LogP contribution is -2.11. The van der Waals surface area contributed by atoms with Crippen LogP contribution in [-0.4, -0.2) is 15.7 Å². The van der Waals surface area contributed by atoms with Gasteiger partial charge in [0, 0.05) is 11.6 Å². The smallest absolute Gasteiger partial charge is 0.291 e. The van der Waals surface area contributed by atoms with Crippen molar-refractivity contribution in [3.63, 3.8) is 0 Å². The van der Waals surface area contributed by atoms with E-state index < -0.39 is 0 Å². The summed E-state index contributed by atoms with van der Waals surface area (Å²) in [6.07, 6.45) is 1.63. The van der Waals surface area contributed by atoms with Gasteiger partial charge >= 0.3 is 0 Å². The summed E-state index contributed by atoms with van der Waals surface area (Å²) < 4.78 is 13.0. The summed E-state index contributed by atoms with van der Waals surface area (Å²) in [5, 5.41) is 7.60. The molecule has 3 rings (SSSR count). The van der Waals surface area contributed by atoms with Crippen molar-refractivity contribution in [3.8, 4) is 5.75 Å². The molecule has 0 aliphatic carbocycles. The number of benzene rings is 1. The standard InChI is InChI=1S/C18H18ClN3O3/c1-3-22-12(2)16(10-20-22)21-18(23)17-8-7-15(25-17)11-24-14-6-4-5-13(19)9-14/h4-10H,3,11H2,1-2H3,(H,21,23). The van der Waals surface area contributed by atoms with Gasteiger partial charge in [-0.15, -0.1) is 0 Å². The SMILES string of the molecule is CCn1ncc(NC(=O)c2ccc(COc3cccc(Cl)c3)o2)c1C. The third-order valence-electron chi connectivity index (χ3n) is 3.71. The molecule has 7 heteroatoms. The predicted molar refractivity (Wildman–Crippen MR) is 95.1 cm³/mol. The lowest BCUT2D eigenvalue weighted by Gasteiger charge is -2.05. The Labute approximate surface area is 150 Å². The average Bonchev–Trinajstić information content (AvgIpc) is 3.21. The number of nitrogens with zero attached hydrogens (tertiary/aromatic N) is 2. The van der Waals surface area contributed by atoms with E-state index >= 15 is 0 Å². The molecule has 2 heterocycles. The van der Waals surface area contributed by atoms with Gasteiger partial charge < -0.3 is 14.5 Å². The number of hydrogen-bond acceptors (Lipinski definition) is 4. The number of nitrogens with one attached hydrogen (secondary N) is 1. The first-order valence-electron chi connectivity index (χ1n) is 7.87. The fourth-order valence-electron chi connectivity index (χ4n) is 2.36. The number of furan rings is 1. The first-order valence-corrected chi connectivity index (χ1v) is 8.25. The van der Waals surface area contributed by atoms with Crippen LogP contribution in [0.4, 0.5) is 5.69 Å². The van der Waals surface area contributed by atoms with E-state index in [0.29, 0.717) is 22.2 Å². The number of carbonyl (C=O) groups excluding carboxylic acids is 1. The number of hydrogen-bond donors (Lipinski definition) is 1. The van der Waals surface area contributed by atoms with Gasteiger partial charge in [0.05, 0.1) is 17.6 Å². The van der Waals surface area contributed by atoms with Crippen molar-refractivity contribution in [1.82, 2.24) is 9.78 Å². The van der Waals surface area contributed by atoms with Crippen LogP contribution in [0.15, 0.2) is 47.0 Å². The highest BCUT2D eigenvalue weighted by Gasteiger charge is 2.14. The molecule has 0 spiro atoms. The second-order valence-corrected chi connectivity index (χ2v) is 5.86. The van der Waals surface area contributed by atoms with Gasteiger partial charge in [-0.3, -0.25) is 9.48 Å². The van der Waals surface area contributed by atoms with E-state index in [4.69, 9.17) is 20.8 Å². The number of anilines is 1. The summed E-state index contributed by atoms with van der Waals surface area (Å²) in [6, 6.07) is 10.4. The number of halogens is 1. The Bertz CT molecular complexity index is 885. The highest BCUT2D eigenvalue weighted by Crippen LogP contribution is 2.20. The molecule has 0 unspecified atom stereocenters. The molecule has 1 amide bonds. The van der Waals surface area contributed by atoms with Crippen molar-refractivity contribution < 1.29 is 13.9 Å². The average molecular weight is 360 g/mol. The molecule has 0 aliphatic rings. The fourth-order valence-corrected chi connectivity index (χ4v) is 2.54. The van der Waals surface area contributed by atoms with Crippen LogP contribution >= 0.6 is 11.6 Å². The quantitative estimate of drug-likeness (QED) is 0.712. The second kappa shape index (κ2) is 7.44. The molecule has 6 nitrogen and oxygen atoms in total. The van der Waals surface area contributed by atoms with Crippen LogP contribution in [0.3, 0.4) is 0 Å². The minimum atomic E-state index is -0.326. The molecular weight excluding hydrogens is 342 g/mol. The highest BCUT2D eigenvalue weighted by atomic mass is 35.5. The number of carbonyl (C=O) groups is 1. The molecule has 0 atom stereocenters. The van der Waals surface area contributed by atoms with Gasteiger partial charge in [-0.2, -0.15) is 5.10 Å². The molecule has 1 N–H and O–H groups in total. The van der Waals surface area contributed by atoms with Crippen LogP contribution in [0.1, 0.15) is 28.9 Å². The Morgan fingerprint density at radius 2 is 2.20 bits per heavy atom. The monoisotopic (exact) mass is 359 g/mol.